The highest BCUT2D eigenvalue weighted by atomic mass is 16.2. The summed E-state index contributed by atoms with van der Waals surface area (Å²) in [4.78, 5) is 13.6. The van der Waals surface area contributed by atoms with Crippen LogP contribution in [-0.2, 0) is 4.79 Å². The molecule has 0 radical (unpaired) electrons. The summed E-state index contributed by atoms with van der Waals surface area (Å²) in [7, 11) is 2.01. The maximum Gasteiger partial charge on any atom is 0.243 e. The van der Waals surface area contributed by atoms with Gasteiger partial charge in [0.1, 0.15) is 5.54 Å². The van der Waals surface area contributed by atoms with Crippen molar-refractivity contribution >= 4 is 5.91 Å². The zero-order chi connectivity index (χ0) is 7.90. The highest BCUT2D eigenvalue weighted by Crippen LogP contribution is 2.20. The summed E-state index contributed by atoms with van der Waals surface area (Å²) < 4.78 is 0. The van der Waals surface area contributed by atoms with Crippen molar-refractivity contribution in [2.24, 2.45) is 0 Å². The van der Waals surface area contributed by atoms with Gasteiger partial charge in [-0.2, -0.15) is 0 Å². The van der Waals surface area contributed by atoms with Gasteiger partial charge in [0.2, 0.25) is 5.91 Å². The molecule has 0 bridgehead atoms. The van der Waals surface area contributed by atoms with Crippen molar-refractivity contribution in [1.29, 1.82) is 0 Å². The molecule has 2 fully saturated rings. The van der Waals surface area contributed by atoms with Gasteiger partial charge in [-0.15, -0.1) is 0 Å². The molecule has 62 valence electrons. The number of rotatable bonds is 0. The van der Waals surface area contributed by atoms with Gasteiger partial charge in [-0.05, 0) is 7.05 Å². The molecule has 2 heterocycles. The van der Waals surface area contributed by atoms with Crippen molar-refractivity contribution in [2.45, 2.75) is 5.54 Å². The van der Waals surface area contributed by atoms with Crippen LogP contribution in [0.5, 0.6) is 0 Å². The fourth-order valence-electron chi connectivity index (χ4n) is 1.68. The van der Waals surface area contributed by atoms with Crippen LogP contribution in [0, 0.1) is 0 Å². The third kappa shape index (κ3) is 0.795. The van der Waals surface area contributed by atoms with E-state index >= 15 is 0 Å². The zero-order valence-electron chi connectivity index (χ0n) is 6.68. The lowest BCUT2D eigenvalue weighted by atomic mass is 9.88. The van der Waals surface area contributed by atoms with Crippen molar-refractivity contribution in [2.75, 3.05) is 33.2 Å². The van der Waals surface area contributed by atoms with Crippen molar-refractivity contribution in [1.82, 2.24) is 15.5 Å². The Balaban J connectivity index is 2.18. The number of carbonyl (C=O) groups is 1. The summed E-state index contributed by atoms with van der Waals surface area (Å²) in [6.45, 7) is 3.36. The predicted molar refractivity (Wildman–Crippen MR) is 41.2 cm³/mol. The van der Waals surface area contributed by atoms with Crippen molar-refractivity contribution in [3.05, 3.63) is 0 Å². The van der Waals surface area contributed by atoms with E-state index in [1.165, 1.54) is 0 Å². The number of nitrogens with one attached hydrogen (secondary N) is 2. The largest absolute Gasteiger partial charge is 0.353 e. The lowest BCUT2D eigenvalue weighted by Gasteiger charge is -2.50. The molecular weight excluding hydrogens is 142 g/mol. The molecule has 2 N–H and O–H groups in total. The van der Waals surface area contributed by atoms with E-state index in [0.717, 1.165) is 26.2 Å². The van der Waals surface area contributed by atoms with E-state index in [-0.39, 0.29) is 11.4 Å². The maximum atomic E-state index is 11.4. The summed E-state index contributed by atoms with van der Waals surface area (Å²) in [5.41, 5.74) is -0.210. The van der Waals surface area contributed by atoms with Crippen LogP contribution in [0.15, 0.2) is 0 Å². The van der Waals surface area contributed by atoms with Gasteiger partial charge in [0.05, 0.1) is 0 Å². The Morgan fingerprint density at radius 3 is 2.64 bits per heavy atom. The molecule has 2 aliphatic heterocycles. The number of hydrogen-bond acceptors (Lipinski definition) is 3. The smallest absolute Gasteiger partial charge is 0.243 e. The first-order chi connectivity index (χ1) is 5.26. The van der Waals surface area contributed by atoms with E-state index < -0.39 is 0 Å². The number of piperazine rings is 1. The Bertz CT molecular complexity index is 188. The summed E-state index contributed by atoms with van der Waals surface area (Å²) in [6.07, 6.45) is 0. The van der Waals surface area contributed by atoms with Crippen LogP contribution in [0.3, 0.4) is 0 Å². The van der Waals surface area contributed by atoms with Crippen LogP contribution >= 0.6 is 0 Å². The summed E-state index contributed by atoms with van der Waals surface area (Å²) in [5.74, 6) is 0.185. The Morgan fingerprint density at radius 1 is 1.55 bits per heavy atom. The van der Waals surface area contributed by atoms with Crippen LogP contribution in [0.25, 0.3) is 0 Å². The second-order valence-electron chi connectivity index (χ2n) is 3.31. The average Bonchev–Trinajstić information content (AvgIpc) is 1.83. The molecule has 4 nitrogen and oxygen atoms in total. The summed E-state index contributed by atoms with van der Waals surface area (Å²) in [5, 5.41) is 6.01. The van der Waals surface area contributed by atoms with Gasteiger partial charge < -0.3 is 10.6 Å². The fourth-order valence-corrected chi connectivity index (χ4v) is 1.68. The third-order valence-electron chi connectivity index (χ3n) is 2.72. The van der Waals surface area contributed by atoms with E-state index in [1.807, 2.05) is 7.05 Å². The van der Waals surface area contributed by atoms with E-state index in [0.29, 0.717) is 0 Å². The van der Waals surface area contributed by atoms with Gasteiger partial charge >= 0.3 is 0 Å². The first-order valence-electron chi connectivity index (χ1n) is 3.96. The Hall–Kier alpha value is -0.610. The summed E-state index contributed by atoms with van der Waals surface area (Å²) >= 11 is 0. The molecule has 0 aromatic carbocycles. The first kappa shape index (κ1) is 7.06. The molecule has 0 aliphatic carbocycles. The number of carbonyl (C=O) groups excluding carboxylic acids is 1. The van der Waals surface area contributed by atoms with Gasteiger partial charge in [0.15, 0.2) is 0 Å². The second kappa shape index (κ2) is 2.19. The monoisotopic (exact) mass is 155 g/mol. The normalized spacial score (nSPS) is 29.7. The molecule has 1 spiro atoms. The third-order valence-corrected chi connectivity index (χ3v) is 2.72. The highest BCUT2D eigenvalue weighted by Gasteiger charge is 2.49. The van der Waals surface area contributed by atoms with E-state index in [2.05, 4.69) is 15.5 Å². The minimum absolute atomic E-state index is 0.185. The predicted octanol–water partition coefficient (Wildman–Crippen LogP) is -1.61. The molecule has 1 amide bonds. The Labute approximate surface area is 65.9 Å². The average molecular weight is 155 g/mol. The Kier molecular flexibility index (Phi) is 1.40. The lowest BCUT2D eigenvalue weighted by Crippen LogP contribution is -2.77. The van der Waals surface area contributed by atoms with Crippen LogP contribution in [0.1, 0.15) is 0 Å². The van der Waals surface area contributed by atoms with E-state index in [1.54, 1.807) is 0 Å². The van der Waals surface area contributed by atoms with Gasteiger partial charge in [0.25, 0.3) is 0 Å². The number of hydrogen-bond donors (Lipinski definition) is 2. The van der Waals surface area contributed by atoms with Gasteiger partial charge in [-0.1, -0.05) is 0 Å². The zero-order valence-corrected chi connectivity index (χ0v) is 6.68. The molecule has 2 saturated heterocycles. The number of amides is 1. The SMILES string of the molecule is CN1CCNC(=O)C12CNC2. The minimum Gasteiger partial charge on any atom is -0.353 e. The standard InChI is InChI=1S/C7H13N3O/c1-10-3-2-9-6(11)7(10)4-8-5-7/h8H,2-5H2,1H3,(H,9,11). The van der Waals surface area contributed by atoms with Crippen molar-refractivity contribution in [3.8, 4) is 0 Å². The van der Waals surface area contributed by atoms with Crippen molar-refractivity contribution in [3.63, 3.8) is 0 Å². The maximum absolute atomic E-state index is 11.4. The molecule has 0 atom stereocenters. The van der Waals surface area contributed by atoms with E-state index in [9.17, 15) is 4.79 Å². The molecule has 0 saturated carbocycles. The molecule has 0 aromatic rings. The molecule has 0 aromatic heterocycles. The number of nitrogens with zero attached hydrogens (tertiary/aromatic N) is 1. The molecule has 2 aliphatic rings. The van der Waals surface area contributed by atoms with Gasteiger partial charge in [0, 0.05) is 26.2 Å². The van der Waals surface area contributed by atoms with Gasteiger partial charge in [-0.25, -0.2) is 0 Å². The fraction of sp³-hybridized carbons (Fsp3) is 0.857. The molecule has 0 unspecified atom stereocenters. The topological polar surface area (TPSA) is 44.4 Å². The lowest BCUT2D eigenvalue weighted by molar-refractivity contribution is -0.139. The second-order valence-corrected chi connectivity index (χ2v) is 3.31. The summed E-state index contributed by atoms with van der Waals surface area (Å²) in [6, 6.07) is 0. The van der Waals surface area contributed by atoms with E-state index in [4.69, 9.17) is 0 Å². The molecule has 11 heavy (non-hydrogen) atoms. The first-order valence-corrected chi connectivity index (χ1v) is 3.96. The van der Waals surface area contributed by atoms with Crippen molar-refractivity contribution < 1.29 is 4.79 Å². The molecule has 2 rings (SSSR count). The van der Waals surface area contributed by atoms with Crippen LogP contribution in [0.2, 0.25) is 0 Å². The number of likely N-dealkylation sites (N-methyl/N-ethyl adjacent to an activating group) is 1. The quantitative estimate of drug-likeness (QED) is 0.442. The Morgan fingerprint density at radius 2 is 2.27 bits per heavy atom. The van der Waals surface area contributed by atoms with Crippen LogP contribution in [-0.4, -0.2) is 49.6 Å². The van der Waals surface area contributed by atoms with Crippen LogP contribution < -0.4 is 10.6 Å². The molecular formula is C7H13N3O. The highest BCUT2D eigenvalue weighted by molar-refractivity contribution is 5.88. The minimum atomic E-state index is -0.210. The molecule has 4 heteroatoms. The van der Waals surface area contributed by atoms with Crippen LogP contribution in [0.4, 0.5) is 0 Å². The van der Waals surface area contributed by atoms with Gasteiger partial charge in [-0.3, -0.25) is 9.69 Å².